The zero-order valence-electron chi connectivity index (χ0n) is 16.3. The molecule has 0 aliphatic carbocycles. The van der Waals surface area contributed by atoms with Crippen LogP contribution in [-0.4, -0.2) is 35.2 Å². The summed E-state index contributed by atoms with van der Waals surface area (Å²) < 4.78 is 5.11. The summed E-state index contributed by atoms with van der Waals surface area (Å²) in [6.45, 7) is 1.90. The van der Waals surface area contributed by atoms with Gasteiger partial charge in [-0.3, -0.25) is 9.59 Å². The number of hydrogen-bond acceptors (Lipinski definition) is 5. The Hall–Kier alpha value is -2.97. The molecule has 2 aromatic rings. The van der Waals surface area contributed by atoms with E-state index in [1.807, 2.05) is 13.0 Å². The molecule has 158 valence electrons. The van der Waals surface area contributed by atoms with E-state index in [1.54, 1.807) is 36.4 Å². The van der Waals surface area contributed by atoms with Gasteiger partial charge in [0.2, 0.25) is 11.8 Å². The molecule has 2 aromatic carbocycles. The molecule has 3 N–H and O–H groups in total. The molecule has 0 bridgehead atoms. The number of nitrogens with one attached hydrogen (secondary N) is 2. The Labute approximate surface area is 183 Å². The van der Waals surface area contributed by atoms with E-state index >= 15 is 0 Å². The largest absolute Gasteiger partial charge is 0.495 e. The molecule has 0 heterocycles. The van der Waals surface area contributed by atoms with Crippen molar-refractivity contribution in [1.82, 2.24) is 0 Å². The van der Waals surface area contributed by atoms with E-state index in [2.05, 4.69) is 10.6 Å². The van der Waals surface area contributed by atoms with E-state index in [4.69, 9.17) is 21.4 Å². The molecule has 0 fully saturated rings. The number of amides is 2. The molecule has 0 saturated carbocycles. The van der Waals surface area contributed by atoms with Gasteiger partial charge in [-0.05, 0) is 42.8 Å². The van der Waals surface area contributed by atoms with Crippen LogP contribution < -0.4 is 15.4 Å². The number of carbonyl (C=O) groups is 3. The minimum Gasteiger partial charge on any atom is -0.495 e. The first-order valence-electron chi connectivity index (χ1n) is 8.95. The van der Waals surface area contributed by atoms with Crippen LogP contribution in [0.1, 0.15) is 13.3 Å². The summed E-state index contributed by atoms with van der Waals surface area (Å²) in [6, 6.07) is 12.0. The lowest BCUT2D eigenvalue weighted by atomic mass is 10.2. The lowest BCUT2D eigenvalue weighted by Crippen LogP contribution is -2.24. The first kappa shape index (κ1) is 23.3. The summed E-state index contributed by atoms with van der Waals surface area (Å²) in [4.78, 5) is 35.7. The lowest BCUT2D eigenvalue weighted by molar-refractivity contribution is -0.131. The summed E-state index contributed by atoms with van der Waals surface area (Å²) in [6.07, 6.45) is 2.28. The maximum absolute atomic E-state index is 12.7. The molecule has 2 amide bonds. The number of halogens is 1. The Morgan fingerprint density at radius 3 is 2.50 bits per heavy atom. The summed E-state index contributed by atoms with van der Waals surface area (Å²) in [7, 11) is 1.52. The molecule has 9 heteroatoms. The van der Waals surface area contributed by atoms with Gasteiger partial charge in [0.25, 0.3) is 0 Å². The highest BCUT2D eigenvalue weighted by atomic mass is 35.5. The fraction of sp³-hybridized carbons (Fsp3) is 0.190. The van der Waals surface area contributed by atoms with Crippen LogP contribution in [0, 0.1) is 0 Å². The van der Waals surface area contributed by atoms with Gasteiger partial charge in [0, 0.05) is 28.4 Å². The van der Waals surface area contributed by atoms with Crippen molar-refractivity contribution < 1.29 is 24.2 Å². The Morgan fingerprint density at radius 2 is 1.87 bits per heavy atom. The average molecular weight is 449 g/mol. The summed E-state index contributed by atoms with van der Waals surface area (Å²) in [5, 5.41) is 14.0. The molecule has 0 spiro atoms. The predicted molar refractivity (Wildman–Crippen MR) is 118 cm³/mol. The fourth-order valence-electron chi connectivity index (χ4n) is 2.43. The van der Waals surface area contributed by atoms with E-state index in [0.29, 0.717) is 28.6 Å². The lowest BCUT2D eigenvalue weighted by Gasteiger charge is -2.16. The van der Waals surface area contributed by atoms with Crippen molar-refractivity contribution in [2.75, 3.05) is 17.7 Å². The van der Waals surface area contributed by atoms with E-state index in [1.165, 1.54) is 18.9 Å². The van der Waals surface area contributed by atoms with Crippen molar-refractivity contribution in [3.05, 3.63) is 59.6 Å². The molecular formula is C21H21ClN2O5S. The molecule has 2 rings (SSSR count). The standard InChI is InChI=1S/C21H21ClN2O5S/c1-3-18(21(28)24-14-7-8-17(29-2)16(22)12-14)30-15-6-4-5-13(11-15)23-19(25)9-10-20(26)27/h4-12,18H,3H2,1-2H3,(H,23,25)(H,24,28)(H,26,27)/b10-9+. The van der Waals surface area contributed by atoms with Crippen molar-refractivity contribution in [2.45, 2.75) is 23.5 Å². The Bertz CT molecular complexity index is 964. The van der Waals surface area contributed by atoms with Crippen molar-refractivity contribution in [3.63, 3.8) is 0 Å². The predicted octanol–water partition coefficient (Wildman–Crippen LogP) is 4.44. The second-order valence-electron chi connectivity index (χ2n) is 6.04. The van der Waals surface area contributed by atoms with Gasteiger partial charge in [-0.25, -0.2) is 4.79 Å². The smallest absolute Gasteiger partial charge is 0.328 e. The highest BCUT2D eigenvalue weighted by Gasteiger charge is 2.19. The quantitative estimate of drug-likeness (QED) is 0.387. The zero-order valence-corrected chi connectivity index (χ0v) is 17.9. The Balaban J connectivity index is 2.04. The molecule has 0 aromatic heterocycles. The molecule has 1 atom stereocenters. The topological polar surface area (TPSA) is 105 Å². The van der Waals surface area contributed by atoms with Crippen LogP contribution in [0.3, 0.4) is 0 Å². The number of carboxylic acids is 1. The second kappa shape index (κ2) is 11.3. The third-order valence-electron chi connectivity index (χ3n) is 3.84. The first-order chi connectivity index (χ1) is 14.3. The molecule has 1 unspecified atom stereocenters. The van der Waals surface area contributed by atoms with Crippen LogP contribution in [0.4, 0.5) is 11.4 Å². The number of carboxylic acid groups (broad SMARTS) is 1. The van der Waals surface area contributed by atoms with Gasteiger partial charge in [0.15, 0.2) is 0 Å². The monoisotopic (exact) mass is 448 g/mol. The van der Waals surface area contributed by atoms with Crippen molar-refractivity contribution in [3.8, 4) is 5.75 Å². The SMILES string of the molecule is CCC(Sc1cccc(NC(=O)/C=C/C(=O)O)c1)C(=O)Nc1ccc(OC)c(Cl)c1. The van der Waals surface area contributed by atoms with E-state index < -0.39 is 11.9 Å². The van der Waals surface area contributed by atoms with Crippen molar-refractivity contribution >= 4 is 52.5 Å². The number of ether oxygens (including phenoxy) is 1. The number of carbonyl (C=O) groups excluding carboxylic acids is 2. The van der Waals surface area contributed by atoms with Crippen molar-refractivity contribution in [1.29, 1.82) is 0 Å². The maximum atomic E-state index is 12.7. The molecule has 0 radical (unpaired) electrons. The highest BCUT2D eigenvalue weighted by molar-refractivity contribution is 8.00. The molecule has 30 heavy (non-hydrogen) atoms. The van der Waals surface area contributed by atoms with Crippen LogP contribution in [-0.2, 0) is 14.4 Å². The third-order valence-corrected chi connectivity index (χ3v) is 5.49. The number of rotatable bonds is 9. The maximum Gasteiger partial charge on any atom is 0.328 e. The van der Waals surface area contributed by atoms with Gasteiger partial charge in [0.1, 0.15) is 5.75 Å². The molecule has 0 aliphatic heterocycles. The van der Waals surface area contributed by atoms with E-state index in [9.17, 15) is 14.4 Å². The Morgan fingerprint density at radius 1 is 1.13 bits per heavy atom. The fourth-order valence-corrected chi connectivity index (χ4v) is 3.70. The normalized spacial score (nSPS) is 11.7. The number of hydrogen-bond donors (Lipinski definition) is 3. The van der Waals surface area contributed by atoms with Crippen molar-refractivity contribution in [2.24, 2.45) is 0 Å². The summed E-state index contributed by atoms with van der Waals surface area (Å²) in [5.41, 5.74) is 1.06. The Kier molecular flexibility index (Phi) is 8.76. The first-order valence-corrected chi connectivity index (χ1v) is 10.2. The van der Waals surface area contributed by atoms with Crippen LogP contribution in [0.5, 0.6) is 5.75 Å². The number of methoxy groups -OCH3 is 1. The van der Waals surface area contributed by atoms with Gasteiger partial charge in [-0.2, -0.15) is 0 Å². The summed E-state index contributed by atoms with van der Waals surface area (Å²) in [5.74, 6) is -1.42. The second-order valence-corrected chi connectivity index (χ2v) is 7.73. The minimum absolute atomic E-state index is 0.178. The molecule has 7 nitrogen and oxygen atoms in total. The van der Waals surface area contributed by atoms with Gasteiger partial charge in [-0.1, -0.05) is 24.6 Å². The van der Waals surface area contributed by atoms with Crippen LogP contribution >= 0.6 is 23.4 Å². The average Bonchev–Trinajstić information content (AvgIpc) is 2.71. The number of benzene rings is 2. The number of aliphatic carboxylic acids is 1. The molecule has 0 aliphatic rings. The van der Waals surface area contributed by atoms with E-state index in [0.717, 1.165) is 17.0 Å². The summed E-state index contributed by atoms with van der Waals surface area (Å²) >= 11 is 7.46. The minimum atomic E-state index is -1.20. The zero-order chi connectivity index (χ0) is 22.1. The van der Waals surface area contributed by atoms with Crippen LogP contribution in [0.2, 0.25) is 5.02 Å². The number of thioether (sulfide) groups is 1. The van der Waals surface area contributed by atoms with Crippen LogP contribution in [0.25, 0.3) is 0 Å². The van der Waals surface area contributed by atoms with Gasteiger partial charge in [-0.15, -0.1) is 11.8 Å². The van der Waals surface area contributed by atoms with Crippen LogP contribution in [0.15, 0.2) is 59.5 Å². The number of anilines is 2. The van der Waals surface area contributed by atoms with Gasteiger partial charge >= 0.3 is 5.97 Å². The molecule has 0 saturated heterocycles. The molecular weight excluding hydrogens is 428 g/mol. The third kappa shape index (κ3) is 7.13. The van der Waals surface area contributed by atoms with E-state index in [-0.39, 0.29) is 11.2 Å². The van der Waals surface area contributed by atoms with Gasteiger partial charge < -0.3 is 20.5 Å². The highest BCUT2D eigenvalue weighted by Crippen LogP contribution is 2.30. The van der Waals surface area contributed by atoms with Gasteiger partial charge in [0.05, 0.1) is 17.4 Å².